The molecule has 0 aliphatic carbocycles. The number of benzene rings is 1. The lowest BCUT2D eigenvalue weighted by Gasteiger charge is -1.99. The molecule has 0 aliphatic rings. The average Bonchev–Trinajstić information content (AvgIpc) is 2.03. The van der Waals surface area contributed by atoms with E-state index in [0.29, 0.717) is 10.6 Å². The Morgan fingerprint density at radius 3 is 2.73 bits per heavy atom. The number of hydrogen-bond acceptors (Lipinski definition) is 5. The minimum Gasteiger partial charge on any atom is -0.398 e. The first-order chi connectivity index (χ1) is 5.34. The van der Waals surface area contributed by atoms with Gasteiger partial charge in [0, 0.05) is 5.69 Å². The lowest BCUT2D eigenvalue weighted by Crippen LogP contribution is -1.87. The summed E-state index contributed by atoms with van der Waals surface area (Å²) in [5.41, 5.74) is 6.10. The third-order valence-corrected chi connectivity index (χ3v) is 1.75. The van der Waals surface area contributed by atoms with Crippen LogP contribution in [0.5, 0.6) is 0 Å². The summed E-state index contributed by atoms with van der Waals surface area (Å²) >= 11 is 0.850. The fraction of sp³-hybridized carbons (Fsp3) is 0. The van der Waals surface area contributed by atoms with E-state index >= 15 is 0 Å². The van der Waals surface area contributed by atoms with Crippen LogP contribution in [0.25, 0.3) is 0 Å². The molecule has 0 saturated carbocycles. The van der Waals surface area contributed by atoms with E-state index in [1.54, 1.807) is 24.3 Å². The fourth-order valence-corrected chi connectivity index (χ4v) is 1.01. The van der Waals surface area contributed by atoms with Gasteiger partial charge < -0.3 is 5.73 Å². The van der Waals surface area contributed by atoms with Gasteiger partial charge in [0.2, 0.25) is 0 Å². The molecule has 1 aromatic rings. The molecule has 11 heavy (non-hydrogen) atoms. The Hall–Kier alpha value is -0.750. The number of para-hydroxylation sites is 1. The Bertz CT molecular complexity index is 231. The second-order valence-electron chi connectivity index (χ2n) is 1.76. The van der Waals surface area contributed by atoms with Crippen molar-refractivity contribution in [1.82, 2.24) is 0 Å². The smallest absolute Gasteiger partial charge is 0.0736 e. The second kappa shape index (κ2) is 4.20. The standard InChI is InChI=1S/C6H7NO3S/c7-5-3-1-2-4-6(5)11-10-9-8/h1-4,8H,7H2. The molecule has 0 bridgehead atoms. The molecule has 4 nitrogen and oxygen atoms in total. The highest BCUT2D eigenvalue weighted by Gasteiger charge is 1.98. The molecular formula is C6H7NO3S. The monoisotopic (exact) mass is 173 g/mol. The molecule has 0 saturated heterocycles. The van der Waals surface area contributed by atoms with Gasteiger partial charge in [-0.05, 0) is 12.1 Å². The molecular weight excluding hydrogens is 166 g/mol. The van der Waals surface area contributed by atoms with Gasteiger partial charge in [-0.1, -0.05) is 17.2 Å². The highest BCUT2D eigenvalue weighted by atomic mass is 32.2. The second-order valence-corrected chi connectivity index (χ2v) is 2.51. The van der Waals surface area contributed by atoms with E-state index in [2.05, 4.69) is 9.37 Å². The maximum Gasteiger partial charge on any atom is 0.0736 e. The summed E-state index contributed by atoms with van der Waals surface area (Å²) in [4.78, 5) is 0.696. The van der Waals surface area contributed by atoms with E-state index in [9.17, 15) is 0 Å². The molecule has 0 aromatic heterocycles. The van der Waals surface area contributed by atoms with E-state index in [1.807, 2.05) is 0 Å². The van der Waals surface area contributed by atoms with Crippen molar-refractivity contribution < 1.29 is 14.6 Å². The quantitative estimate of drug-likeness (QED) is 0.315. The Morgan fingerprint density at radius 2 is 2.09 bits per heavy atom. The van der Waals surface area contributed by atoms with Crippen molar-refractivity contribution in [3.63, 3.8) is 0 Å². The summed E-state index contributed by atoms with van der Waals surface area (Å²) in [5, 5.41) is 11.2. The van der Waals surface area contributed by atoms with Crippen LogP contribution in [0, 0.1) is 0 Å². The van der Waals surface area contributed by atoms with Crippen LogP contribution < -0.4 is 5.73 Å². The summed E-state index contributed by atoms with van der Waals surface area (Å²) in [6.07, 6.45) is 0. The van der Waals surface area contributed by atoms with Gasteiger partial charge in [0.1, 0.15) is 0 Å². The average molecular weight is 173 g/mol. The van der Waals surface area contributed by atoms with Crippen LogP contribution in [-0.2, 0) is 9.37 Å². The van der Waals surface area contributed by atoms with Crippen LogP contribution in [0.3, 0.4) is 0 Å². The molecule has 0 radical (unpaired) electrons. The molecule has 0 amide bonds. The number of nitrogens with two attached hydrogens (primary N) is 1. The van der Waals surface area contributed by atoms with Gasteiger partial charge in [-0.25, -0.2) is 5.26 Å². The van der Waals surface area contributed by atoms with Crippen molar-refractivity contribution in [2.45, 2.75) is 4.90 Å². The fourth-order valence-electron chi connectivity index (χ4n) is 0.608. The topological polar surface area (TPSA) is 64.7 Å². The molecule has 0 atom stereocenters. The Morgan fingerprint density at radius 1 is 1.36 bits per heavy atom. The minimum atomic E-state index is 0.578. The zero-order chi connectivity index (χ0) is 8.10. The van der Waals surface area contributed by atoms with Crippen LogP contribution >= 0.6 is 12.0 Å². The predicted molar refractivity (Wildman–Crippen MR) is 41.5 cm³/mol. The van der Waals surface area contributed by atoms with E-state index in [0.717, 1.165) is 12.0 Å². The zero-order valence-corrected chi connectivity index (χ0v) is 6.38. The number of rotatable bonds is 3. The summed E-state index contributed by atoms with van der Waals surface area (Å²) < 4.78 is 4.19. The van der Waals surface area contributed by atoms with Gasteiger partial charge in [0.25, 0.3) is 0 Å². The van der Waals surface area contributed by atoms with E-state index in [4.69, 9.17) is 11.0 Å². The lowest BCUT2D eigenvalue weighted by atomic mass is 10.3. The number of hydrogen-bond donors (Lipinski definition) is 2. The van der Waals surface area contributed by atoms with Crippen LogP contribution in [0.1, 0.15) is 0 Å². The first kappa shape index (κ1) is 8.35. The van der Waals surface area contributed by atoms with Crippen LogP contribution in [0.2, 0.25) is 0 Å². The molecule has 3 N–H and O–H groups in total. The highest BCUT2D eigenvalue weighted by molar-refractivity contribution is 7.94. The van der Waals surface area contributed by atoms with Gasteiger partial charge >= 0.3 is 0 Å². The Labute approximate surface area is 68.0 Å². The van der Waals surface area contributed by atoms with E-state index in [1.165, 1.54) is 0 Å². The zero-order valence-electron chi connectivity index (χ0n) is 5.56. The number of anilines is 1. The summed E-state index contributed by atoms with van der Waals surface area (Å²) in [7, 11) is 0. The van der Waals surface area contributed by atoms with Crippen molar-refractivity contribution in [2.75, 3.05) is 5.73 Å². The first-order valence-corrected chi connectivity index (χ1v) is 3.58. The Balaban J connectivity index is 2.62. The highest BCUT2D eigenvalue weighted by Crippen LogP contribution is 2.24. The van der Waals surface area contributed by atoms with Crippen molar-refractivity contribution in [1.29, 1.82) is 0 Å². The summed E-state index contributed by atoms with van der Waals surface area (Å²) in [6, 6.07) is 7.08. The summed E-state index contributed by atoms with van der Waals surface area (Å²) in [5.74, 6) is 0. The molecule has 60 valence electrons. The molecule has 1 rings (SSSR count). The molecule has 0 unspecified atom stereocenters. The molecule has 1 aromatic carbocycles. The summed E-state index contributed by atoms with van der Waals surface area (Å²) in [6.45, 7) is 0. The van der Waals surface area contributed by atoms with Gasteiger partial charge in [-0.15, -0.1) is 4.33 Å². The van der Waals surface area contributed by atoms with Crippen LogP contribution in [-0.4, -0.2) is 5.26 Å². The minimum absolute atomic E-state index is 0.578. The Kier molecular flexibility index (Phi) is 3.18. The van der Waals surface area contributed by atoms with Gasteiger partial charge in [0.05, 0.1) is 16.9 Å². The van der Waals surface area contributed by atoms with Gasteiger partial charge in [0.15, 0.2) is 0 Å². The molecule has 0 aliphatic heterocycles. The SMILES string of the molecule is Nc1ccccc1SOOO. The van der Waals surface area contributed by atoms with Crippen LogP contribution in [0.15, 0.2) is 29.2 Å². The van der Waals surface area contributed by atoms with Crippen LogP contribution in [0.4, 0.5) is 5.69 Å². The third-order valence-electron chi connectivity index (χ3n) is 1.07. The van der Waals surface area contributed by atoms with Crippen molar-refractivity contribution >= 4 is 17.7 Å². The van der Waals surface area contributed by atoms with Crippen molar-refractivity contribution in [2.24, 2.45) is 0 Å². The van der Waals surface area contributed by atoms with Gasteiger partial charge in [-0.2, -0.15) is 0 Å². The third kappa shape index (κ3) is 2.39. The van der Waals surface area contributed by atoms with Crippen molar-refractivity contribution in [3.05, 3.63) is 24.3 Å². The number of nitrogen functional groups attached to an aromatic ring is 1. The normalized spacial score (nSPS) is 9.91. The molecule has 0 spiro atoms. The molecule has 0 heterocycles. The van der Waals surface area contributed by atoms with E-state index in [-0.39, 0.29) is 0 Å². The predicted octanol–water partition coefficient (Wildman–Crippen LogP) is 1.70. The maximum absolute atomic E-state index is 7.83. The molecule has 0 fully saturated rings. The van der Waals surface area contributed by atoms with Gasteiger partial charge in [-0.3, -0.25) is 0 Å². The van der Waals surface area contributed by atoms with E-state index < -0.39 is 0 Å². The first-order valence-electron chi connectivity index (χ1n) is 2.84. The van der Waals surface area contributed by atoms with Crippen molar-refractivity contribution in [3.8, 4) is 0 Å². The molecule has 5 heteroatoms. The largest absolute Gasteiger partial charge is 0.398 e. The maximum atomic E-state index is 7.83. The lowest BCUT2D eigenvalue weighted by molar-refractivity contribution is -0.432.